The van der Waals surface area contributed by atoms with Gasteiger partial charge >= 0.3 is 5.69 Å². The smallest absolute Gasteiger partial charge is 0.311 e. The highest BCUT2D eigenvalue weighted by molar-refractivity contribution is 6.31. The van der Waals surface area contributed by atoms with Crippen molar-refractivity contribution in [1.82, 2.24) is 0 Å². The summed E-state index contributed by atoms with van der Waals surface area (Å²) < 4.78 is 5.26. The lowest BCUT2D eigenvalue weighted by Crippen LogP contribution is -2.21. The van der Waals surface area contributed by atoms with E-state index in [0.717, 1.165) is 0 Å². The summed E-state index contributed by atoms with van der Waals surface area (Å²) in [4.78, 5) is 10.2. The summed E-state index contributed by atoms with van der Waals surface area (Å²) in [6.07, 6.45) is 0.619. The van der Waals surface area contributed by atoms with Gasteiger partial charge in [0.2, 0.25) is 5.75 Å². The maximum atomic E-state index is 10.7. The van der Waals surface area contributed by atoms with Crippen molar-refractivity contribution in [1.29, 1.82) is 0 Å². The van der Waals surface area contributed by atoms with Gasteiger partial charge < -0.3 is 10.5 Å². The maximum Gasteiger partial charge on any atom is 0.311 e. The summed E-state index contributed by atoms with van der Waals surface area (Å²) in [5, 5.41) is 11.2. The highest BCUT2D eigenvalue weighted by atomic mass is 35.5. The number of benzene rings is 1. The van der Waals surface area contributed by atoms with E-state index in [0.29, 0.717) is 23.6 Å². The van der Waals surface area contributed by atoms with Crippen LogP contribution in [-0.2, 0) is 0 Å². The Morgan fingerprint density at radius 3 is 3.00 bits per heavy atom. The van der Waals surface area contributed by atoms with Crippen molar-refractivity contribution in [3.8, 4) is 5.75 Å². The van der Waals surface area contributed by atoms with E-state index in [1.54, 1.807) is 0 Å². The Balaban J connectivity index is 2.63. The van der Waals surface area contributed by atoms with E-state index < -0.39 is 4.92 Å². The summed E-state index contributed by atoms with van der Waals surface area (Å²) >= 11 is 5.93. The Morgan fingerprint density at radius 2 is 2.33 bits per heavy atom. The molecule has 0 aliphatic carbocycles. The van der Waals surface area contributed by atoms with Crippen molar-refractivity contribution < 1.29 is 9.66 Å². The van der Waals surface area contributed by atoms with Crippen molar-refractivity contribution in [2.45, 2.75) is 12.5 Å². The quantitative estimate of drug-likeness (QED) is 0.589. The van der Waals surface area contributed by atoms with Crippen molar-refractivity contribution >= 4 is 17.3 Å². The number of nitro benzene ring substituents is 1. The Bertz CT molecular complexity index is 422. The predicted octanol–water partition coefficient (Wildman–Crippen LogP) is 2.03. The van der Waals surface area contributed by atoms with Gasteiger partial charge in [0, 0.05) is 29.1 Å². The minimum absolute atomic E-state index is 0.0791. The molecule has 6 heteroatoms. The number of hydrogen-bond acceptors (Lipinski definition) is 4. The van der Waals surface area contributed by atoms with E-state index in [9.17, 15) is 10.1 Å². The molecule has 0 unspecified atom stereocenters. The summed E-state index contributed by atoms with van der Waals surface area (Å²) in [5.74, 6) is 0.214. The Kier molecular flexibility index (Phi) is 2.50. The van der Waals surface area contributed by atoms with Crippen molar-refractivity contribution in [3.05, 3.63) is 32.8 Å². The molecule has 2 N–H and O–H groups in total. The standard InChI is InChI=1S/C9H9ClN2O3/c10-5-1-2-7(12(13)14)9-8(5)6(11)3-4-15-9/h1-2,6H,3-4,11H2/t6-/m0/s1. The average Bonchev–Trinajstić information content (AvgIpc) is 2.17. The van der Waals surface area contributed by atoms with Crippen LogP contribution in [0.3, 0.4) is 0 Å². The third kappa shape index (κ3) is 1.64. The molecule has 0 amide bonds. The Hall–Kier alpha value is -1.33. The molecule has 2 rings (SSSR count). The molecule has 1 aromatic rings. The van der Waals surface area contributed by atoms with Crippen LogP contribution in [0.15, 0.2) is 12.1 Å². The first-order valence-corrected chi connectivity index (χ1v) is 4.84. The number of ether oxygens (including phenoxy) is 1. The zero-order chi connectivity index (χ0) is 11.0. The Labute approximate surface area is 90.9 Å². The van der Waals surface area contributed by atoms with Crippen LogP contribution in [0.25, 0.3) is 0 Å². The first-order chi connectivity index (χ1) is 7.11. The minimum Gasteiger partial charge on any atom is -0.486 e. The lowest BCUT2D eigenvalue weighted by atomic mass is 10.0. The summed E-state index contributed by atoms with van der Waals surface area (Å²) in [5.41, 5.74) is 6.29. The summed E-state index contributed by atoms with van der Waals surface area (Å²) in [7, 11) is 0. The van der Waals surface area contributed by atoms with Gasteiger partial charge in [-0.1, -0.05) is 11.6 Å². The highest BCUT2D eigenvalue weighted by Crippen LogP contribution is 2.42. The number of fused-ring (bicyclic) bond motifs is 1. The van der Waals surface area contributed by atoms with E-state index in [4.69, 9.17) is 22.1 Å². The fourth-order valence-corrected chi connectivity index (χ4v) is 1.93. The molecular weight excluding hydrogens is 220 g/mol. The normalized spacial score (nSPS) is 19.2. The molecule has 0 saturated carbocycles. The van der Waals surface area contributed by atoms with Gasteiger partial charge in [-0.15, -0.1) is 0 Å². The zero-order valence-corrected chi connectivity index (χ0v) is 8.53. The van der Waals surface area contributed by atoms with Gasteiger partial charge in [-0.2, -0.15) is 0 Å². The molecule has 0 spiro atoms. The first kappa shape index (κ1) is 10.2. The number of nitrogens with two attached hydrogens (primary N) is 1. The molecule has 1 heterocycles. The largest absolute Gasteiger partial charge is 0.486 e. The molecule has 1 aliphatic heterocycles. The minimum atomic E-state index is -0.493. The third-order valence-corrected chi connectivity index (χ3v) is 2.69. The molecule has 0 bridgehead atoms. The van der Waals surface area contributed by atoms with E-state index in [2.05, 4.69) is 0 Å². The van der Waals surface area contributed by atoms with Gasteiger partial charge in [-0.3, -0.25) is 10.1 Å². The van der Waals surface area contributed by atoms with E-state index in [-0.39, 0.29) is 17.5 Å². The van der Waals surface area contributed by atoms with Crippen molar-refractivity contribution in [2.75, 3.05) is 6.61 Å². The number of hydrogen-bond donors (Lipinski definition) is 1. The molecule has 0 radical (unpaired) electrons. The molecule has 15 heavy (non-hydrogen) atoms. The van der Waals surface area contributed by atoms with Crippen LogP contribution in [0, 0.1) is 10.1 Å². The highest BCUT2D eigenvalue weighted by Gasteiger charge is 2.28. The van der Waals surface area contributed by atoms with Crippen LogP contribution >= 0.6 is 11.6 Å². The molecule has 1 aromatic carbocycles. The Morgan fingerprint density at radius 1 is 1.60 bits per heavy atom. The lowest BCUT2D eigenvalue weighted by Gasteiger charge is -2.23. The van der Waals surface area contributed by atoms with Gasteiger partial charge in [0.25, 0.3) is 0 Å². The number of rotatable bonds is 1. The summed E-state index contributed by atoms with van der Waals surface area (Å²) in [6, 6.07) is 2.52. The second kappa shape index (κ2) is 3.67. The van der Waals surface area contributed by atoms with Crippen LogP contribution in [0.1, 0.15) is 18.0 Å². The van der Waals surface area contributed by atoms with Crippen LogP contribution < -0.4 is 10.5 Å². The van der Waals surface area contributed by atoms with Gasteiger partial charge in [-0.25, -0.2) is 0 Å². The van der Waals surface area contributed by atoms with Gasteiger partial charge in [0.1, 0.15) is 0 Å². The van der Waals surface area contributed by atoms with Crippen LogP contribution in [-0.4, -0.2) is 11.5 Å². The predicted molar refractivity (Wildman–Crippen MR) is 55.1 cm³/mol. The molecule has 0 fully saturated rings. The molecular formula is C9H9ClN2O3. The van der Waals surface area contributed by atoms with Crippen molar-refractivity contribution in [3.63, 3.8) is 0 Å². The van der Waals surface area contributed by atoms with E-state index in [1.807, 2.05) is 0 Å². The van der Waals surface area contributed by atoms with Crippen LogP contribution in [0.5, 0.6) is 5.75 Å². The first-order valence-electron chi connectivity index (χ1n) is 4.46. The van der Waals surface area contributed by atoms with Crippen LogP contribution in [0.4, 0.5) is 5.69 Å². The molecule has 1 atom stereocenters. The molecule has 80 valence electrons. The monoisotopic (exact) mass is 228 g/mol. The van der Waals surface area contributed by atoms with Crippen molar-refractivity contribution in [2.24, 2.45) is 5.73 Å². The molecule has 1 aliphatic rings. The number of nitrogens with zero attached hydrogens (tertiary/aromatic N) is 1. The summed E-state index contributed by atoms with van der Waals surface area (Å²) in [6.45, 7) is 0.384. The fraction of sp³-hybridized carbons (Fsp3) is 0.333. The number of nitro groups is 1. The second-order valence-electron chi connectivity index (χ2n) is 3.31. The fourth-order valence-electron chi connectivity index (χ4n) is 1.64. The maximum absolute atomic E-state index is 10.7. The van der Waals surface area contributed by atoms with Gasteiger partial charge in [0.05, 0.1) is 11.5 Å². The molecule has 0 saturated heterocycles. The van der Waals surface area contributed by atoms with Crippen LogP contribution in [0.2, 0.25) is 5.02 Å². The van der Waals surface area contributed by atoms with Gasteiger partial charge in [-0.05, 0) is 6.07 Å². The molecule has 0 aromatic heterocycles. The second-order valence-corrected chi connectivity index (χ2v) is 3.72. The van der Waals surface area contributed by atoms with E-state index >= 15 is 0 Å². The average molecular weight is 229 g/mol. The SMILES string of the molecule is N[C@H]1CCOc2c([N+](=O)[O-])ccc(Cl)c21. The molecule has 5 nitrogen and oxygen atoms in total. The zero-order valence-electron chi connectivity index (χ0n) is 7.77. The van der Waals surface area contributed by atoms with Gasteiger partial charge in [0.15, 0.2) is 0 Å². The lowest BCUT2D eigenvalue weighted by molar-refractivity contribution is -0.386. The van der Waals surface area contributed by atoms with E-state index in [1.165, 1.54) is 12.1 Å². The topological polar surface area (TPSA) is 78.4 Å². The third-order valence-electron chi connectivity index (χ3n) is 2.36. The number of halogens is 1.